The summed E-state index contributed by atoms with van der Waals surface area (Å²) in [6, 6.07) is 16.0. The molecule has 0 amide bonds. The average Bonchev–Trinajstić information content (AvgIpc) is 2.38. The van der Waals surface area contributed by atoms with E-state index in [4.69, 9.17) is 17.3 Å². The Hall–Kier alpha value is -1.67. The Bertz CT molecular complexity index is 540. The lowest BCUT2D eigenvalue weighted by Crippen LogP contribution is -2.23. The fourth-order valence-corrected chi connectivity index (χ4v) is 2.36. The summed E-state index contributed by atoms with van der Waals surface area (Å²) in [6.07, 6.45) is 1.09. The zero-order chi connectivity index (χ0) is 13.7. The van der Waals surface area contributed by atoms with Crippen LogP contribution < -0.4 is 10.6 Å². The Morgan fingerprint density at radius 3 is 2.58 bits per heavy atom. The summed E-state index contributed by atoms with van der Waals surface area (Å²) >= 11 is 6.04. The highest BCUT2D eigenvalue weighted by molar-refractivity contribution is 6.30. The number of nitrogens with zero attached hydrogens (tertiary/aromatic N) is 1. The molecule has 0 bridgehead atoms. The van der Waals surface area contributed by atoms with Crippen LogP contribution in [0.4, 0.5) is 11.4 Å². The molecule has 0 saturated carbocycles. The monoisotopic (exact) mass is 274 g/mol. The second-order valence-electron chi connectivity index (χ2n) is 4.65. The molecule has 19 heavy (non-hydrogen) atoms. The van der Waals surface area contributed by atoms with E-state index in [-0.39, 0.29) is 0 Å². The summed E-state index contributed by atoms with van der Waals surface area (Å²) in [5, 5.41) is 0.779. The van der Waals surface area contributed by atoms with Crippen LogP contribution in [-0.4, -0.2) is 6.54 Å². The summed E-state index contributed by atoms with van der Waals surface area (Å²) in [5.74, 6) is 0. The lowest BCUT2D eigenvalue weighted by Gasteiger charge is -2.25. The van der Waals surface area contributed by atoms with Gasteiger partial charge in [0.15, 0.2) is 0 Å². The fourth-order valence-electron chi connectivity index (χ4n) is 2.15. The Morgan fingerprint density at radius 2 is 1.89 bits per heavy atom. The van der Waals surface area contributed by atoms with E-state index in [1.54, 1.807) is 0 Å². The highest BCUT2D eigenvalue weighted by Gasteiger charge is 2.07. The Kier molecular flexibility index (Phi) is 4.69. The van der Waals surface area contributed by atoms with Crippen LogP contribution in [0.1, 0.15) is 18.9 Å². The summed E-state index contributed by atoms with van der Waals surface area (Å²) in [6.45, 7) is 4.02. The number of hydrogen-bond acceptors (Lipinski definition) is 2. The van der Waals surface area contributed by atoms with Crippen LogP contribution >= 0.6 is 11.6 Å². The van der Waals surface area contributed by atoms with Crippen molar-refractivity contribution in [1.82, 2.24) is 0 Å². The van der Waals surface area contributed by atoms with Crippen molar-refractivity contribution < 1.29 is 0 Å². The SMILES string of the molecule is CCCN(Cc1cccc(Cl)c1)c1cccc(N)c1. The molecule has 2 N–H and O–H groups in total. The molecule has 2 nitrogen and oxygen atoms in total. The molecule has 2 rings (SSSR count). The highest BCUT2D eigenvalue weighted by atomic mass is 35.5. The molecule has 0 aliphatic rings. The molecule has 0 unspecified atom stereocenters. The normalized spacial score (nSPS) is 10.4. The fraction of sp³-hybridized carbons (Fsp3) is 0.250. The van der Waals surface area contributed by atoms with Crippen molar-refractivity contribution in [2.45, 2.75) is 19.9 Å². The molecule has 100 valence electrons. The molecule has 0 aliphatic carbocycles. The number of nitrogen functional groups attached to an aromatic ring is 1. The maximum absolute atomic E-state index is 6.04. The predicted octanol–water partition coefficient (Wildman–Crippen LogP) is 4.34. The molecule has 0 radical (unpaired) electrons. The molecule has 0 aliphatic heterocycles. The van der Waals surface area contributed by atoms with Crippen molar-refractivity contribution in [3.05, 3.63) is 59.1 Å². The highest BCUT2D eigenvalue weighted by Crippen LogP contribution is 2.21. The van der Waals surface area contributed by atoms with Gasteiger partial charge in [-0.05, 0) is 42.3 Å². The predicted molar refractivity (Wildman–Crippen MR) is 83.6 cm³/mol. The topological polar surface area (TPSA) is 29.3 Å². The molecule has 0 atom stereocenters. The largest absolute Gasteiger partial charge is 0.399 e. The van der Waals surface area contributed by atoms with Gasteiger partial charge in [0, 0.05) is 29.5 Å². The third kappa shape index (κ3) is 3.90. The van der Waals surface area contributed by atoms with Gasteiger partial charge in [-0.15, -0.1) is 0 Å². The van der Waals surface area contributed by atoms with E-state index in [9.17, 15) is 0 Å². The molecule has 0 fully saturated rings. The van der Waals surface area contributed by atoms with Crippen molar-refractivity contribution >= 4 is 23.0 Å². The van der Waals surface area contributed by atoms with E-state index in [1.807, 2.05) is 36.4 Å². The van der Waals surface area contributed by atoms with Gasteiger partial charge >= 0.3 is 0 Å². The van der Waals surface area contributed by atoms with Crippen LogP contribution in [0.2, 0.25) is 5.02 Å². The molecule has 3 heteroatoms. The molecule has 0 heterocycles. The van der Waals surface area contributed by atoms with Gasteiger partial charge in [-0.3, -0.25) is 0 Å². The first-order valence-electron chi connectivity index (χ1n) is 6.54. The van der Waals surface area contributed by atoms with Gasteiger partial charge in [-0.25, -0.2) is 0 Å². The van der Waals surface area contributed by atoms with Crippen LogP contribution in [-0.2, 0) is 6.54 Å². The van der Waals surface area contributed by atoms with Crippen LogP contribution in [0.15, 0.2) is 48.5 Å². The van der Waals surface area contributed by atoms with E-state index in [1.165, 1.54) is 5.56 Å². The molecule has 0 saturated heterocycles. The Balaban J connectivity index is 2.21. The molecule has 2 aromatic carbocycles. The quantitative estimate of drug-likeness (QED) is 0.822. The zero-order valence-corrected chi connectivity index (χ0v) is 11.9. The third-order valence-corrected chi connectivity index (χ3v) is 3.23. The minimum Gasteiger partial charge on any atom is -0.399 e. The minimum atomic E-state index is 0.779. The average molecular weight is 275 g/mol. The van der Waals surface area contributed by atoms with E-state index < -0.39 is 0 Å². The number of anilines is 2. The van der Waals surface area contributed by atoms with Crippen LogP contribution in [0.3, 0.4) is 0 Å². The molecular formula is C16H19ClN2. The lowest BCUT2D eigenvalue weighted by molar-refractivity contribution is 0.767. The zero-order valence-electron chi connectivity index (χ0n) is 11.1. The van der Waals surface area contributed by atoms with E-state index in [2.05, 4.69) is 24.0 Å². The summed E-state index contributed by atoms with van der Waals surface area (Å²) < 4.78 is 0. The number of hydrogen-bond donors (Lipinski definition) is 1. The third-order valence-electron chi connectivity index (χ3n) is 2.99. The maximum atomic E-state index is 6.04. The van der Waals surface area contributed by atoms with Crippen LogP contribution in [0, 0.1) is 0 Å². The van der Waals surface area contributed by atoms with Crippen molar-refractivity contribution in [2.75, 3.05) is 17.2 Å². The van der Waals surface area contributed by atoms with Gasteiger partial charge in [0.05, 0.1) is 0 Å². The standard InChI is InChI=1S/C16H19ClN2/c1-2-9-19(16-8-4-7-15(18)11-16)12-13-5-3-6-14(17)10-13/h3-8,10-11H,2,9,12,18H2,1H3. The van der Waals surface area contributed by atoms with Crippen molar-refractivity contribution in [3.63, 3.8) is 0 Å². The second kappa shape index (κ2) is 6.48. The lowest BCUT2D eigenvalue weighted by atomic mass is 10.2. The number of rotatable bonds is 5. The van der Waals surface area contributed by atoms with Gasteiger partial charge in [0.25, 0.3) is 0 Å². The van der Waals surface area contributed by atoms with Gasteiger partial charge in [0.2, 0.25) is 0 Å². The smallest absolute Gasteiger partial charge is 0.0429 e. The van der Waals surface area contributed by atoms with Crippen molar-refractivity contribution in [2.24, 2.45) is 0 Å². The van der Waals surface area contributed by atoms with Crippen LogP contribution in [0.5, 0.6) is 0 Å². The van der Waals surface area contributed by atoms with E-state index in [0.717, 1.165) is 35.9 Å². The summed E-state index contributed by atoms with van der Waals surface area (Å²) in [4.78, 5) is 2.32. The van der Waals surface area contributed by atoms with Crippen molar-refractivity contribution in [1.29, 1.82) is 0 Å². The molecule has 2 aromatic rings. The first kappa shape index (κ1) is 13.8. The maximum Gasteiger partial charge on any atom is 0.0429 e. The first-order valence-corrected chi connectivity index (χ1v) is 6.92. The Labute approximate surface area is 119 Å². The van der Waals surface area contributed by atoms with E-state index >= 15 is 0 Å². The van der Waals surface area contributed by atoms with Gasteiger partial charge in [-0.2, -0.15) is 0 Å². The summed E-state index contributed by atoms with van der Waals surface area (Å²) in [5.41, 5.74) is 9.02. The second-order valence-corrected chi connectivity index (χ2v) is 5.08. The first-order chi connectivity index (χ1) is 9.19. The number of benzene rings is 2. The number of nitrogens with two attached hydrogens (primary N) is 1. The minimum absolute atomic E-state index is 0.779. The van der Waals surface area contributed by atoms with Gasteiger partial charge < -0.3 is 10.6 Å². The van der Waals surface area contributed by atoms with Gasteiger partial charge in [-0.1, -0.05) is 36.7 Å². The van der Waals surface area contributed by atoms with Crippen LogP contribution in [0.25, 0.3) is 0 Å². The molecular weight excluding hydrogens is 256 g/mol. The molecule has 0 spiro atoms. The Morgan fingerprint density at radius 1 is 1.11 bits per heavy atom. The van der Waals surface area contributed by atoms with Crippen molar-refractivity contribution in [3.8, 4) is 0 Å². The molecule has 0 aromatic heterocycles. The van der Waals surface area contributed by atoms with Gasteiger partial charge in [0.1, 0.15) is 0 Å². The van der Waals surface area contributed by atoms with E-state index in [0.29, 0.717) is 0 Å². The summed E-state index contributed by atoms with van der Waals surface area (Å²) in [7, 11) is 0. The number of halogens is 1.